The zero-order chi connectivity index (χ0) is 12.1. The zero-order valence-corrected chi connectivity index (χ0v) is 10.9. The van der Waals surface area contributed by atoms with Gasteiger partial charge in [-0.15, -0.1) is 0 Å². The smallest absolute Gasteiger partial charge is 0.0976 e. The summed E-state index contributed by atoms with van der Waals surface area (Å²) in [6.45, 7) is 6.12. The lowest BCUT2D eigenvalue weighted by molar-refractivity contribution is -0.0161. The van der Waals surface area contributed by atoms with E-state index in [2.05, 4.69) is 13.8 Å². The minimum Gasteiger partial charge on any atom is -0.369 e. The molecule has 1 rings (SSSR count). The van der Waals surface area contributed by atoms with Crippen molar-refractivity contribution in [3.63, 3.8) is 0 Å². The Labute approximate surface area is 103 Å². The van der Waals surface area contributed by atoms with Crippen LogP contribution in [0.1, 0.15) is 38.9 Å². The van der Waals surface area contributed by atoms with E-state index in [-0.39, 0.29) is 18.2 Å². The summed E-state index contributed by atoms with van der Waals surface area (Å²) in [6, 6.07) is 7.64. The van der Waals surface area contributed by atoms with E-state index >= 15 is 0 Å². The third-order valence-corrected chi connectivity index (χ3v) is 2.88. The van der Waals surface area contributed by atoms with Gasteiger partial charge in [0.1, 0.15) is 0 Å². The van der Waals surface area contributed by atoms with Gasteiger partial charge >= 0.3 is 0 Å². The van der Waals surface area contributed by atoms with Gasteiger partial charge in [-0.3, -0.25) is 0 Å². The van der Waals surface area contributed by atoms with Crippen LogP contribution >= 0.6 is 11.6 Å². The highest BCUT2D eigenvalue weighted by Crippen LogP contribution is 2.24. The van der Waals surface area contributed by atoms with E-state index in [1.165, 1.54) is 0 Å². The van der Waals surface area contributed by atoms with Crippen LogP contribution in [0.25, 0.3) is 0 Å². The number of rotatable bonds is 5. The first-order valence-electron chi connectivity index (χ1n) is 5.71. The molecule has 0 amide bonds. The van der Waals surface area contributed by atoms with E-state index in [9.17, 15) is 0 Å². The molecule has 0 aliphatic rings. The van der Waals surface area contributed by atoms with Crippen molar-refractivity contribution in [2.45, 2.75) is 45.4 Å². The van der Waals surface area contributed by atoms with Gasteiger partial charge in [-0.05, 0) is 38.0 Å². The first-order valence-corrected chi connectivity index (χ1v) is 6.09. The highest BCUT2D eigenvalue weighted by molar-refractivity contribution is 6.30. The van der Waals surface area contributed by atoms with E-state index in [1.807, 2.05) is 31.2 Å². The van der Waals surface area contributed by atoms with Crippen LogP contribution < -0.4 is 5.73 Å². The highest BCUT2D eigenvalue weighted by atomic mass is 35.5. The summed E-state index contributed by atoms with van der Waals surface area (Å²) in [5.74, 6) is 0. The number of benzene rings is 1. The van der Waals surface area contributed by atoms with Gasteiger partial charge in [0.15, 0.2) is 0 Å². The van der Waals surface area contributed by atoms with E-state index < -0.39 is 0 Å². The topological polar surface area (TPSA) is 35.2 Å². The Morgan fingerprint density at radius 1 is 1.25 bits per heavy atom. The van der Waals surface area contributed by atoms with E-state index in [0.29, 0.717) is 0 Å². The third-order valence-electron chi connectivity index (χ3n) is 2.63. The molecule has 16 heavy (non-hydrogen) atoms. The maximum absolute atomic E-state index is 5.95. The van der Waals surface area contributed by atoms with Crippen LogP contribution in [-0.4, -0.2) is 12.1 Å². The summed E-state index contributed by atoms with van der Waals surface area (Å²) < 4.78 is 5.92. The molecule has 1 aromatic rings. The lowest BCUT2D eigenvalue weighted by atomic mass is 10.0. The standard InChI is InChI=1S/C13H20ClNO/c1-4-9(2)16-13(10(3)15)11-5-7-12(14)8-6-11/h5-10,13H,4,15H2,1-3H3. The average Bonchev–Trinajstić information content (AvgIpc) is 2.26. The molecule has 0 spiro atoms. The molecule has 0 fully saturated rings. The Morgan fingerprint density at radius 2 is 1.81 bits per heavy atom. The fourth-order valence-corrected chi connectivity index (χ4v) is 1.63. The van der Waals surface area contributed by atoms with Gasteiger partial charge < -0.3 is 10.5 Å². The zero-order valence-electron chi connectivity index (χ0n) is 10.1. The Balaban J connectivity index is 2.81. The number of hydrogen-bond donors (Lipinski definition) is 1. The van der Waals surface area contributed by atoms with Crippen molar-refractivity contribution in [2.75, 3.05) is 0 Å². The van der Waals surface area contributed by atoms with Gasteiger partial charge in [0.25, 0.3) is 0 Å². The Bertz CT molecular complexity index is 310. The largest absolute Gasteiger partial charge is 0.369 e. The van der Waals surface area contributed by atoms with E-state index in [0.717, 1.165) is 17.0 Å². The molecule has 2 N–H and O–H groups in total. The van der Waals surface area contributed by atoms with Crippen molar-refractivity contribution in [1.82, 2.24) is 0 Å². The first-order chi connectivity index (χ1) is 7.54. The Kier molecular flexibility index (Phi) is 5.26. The molecule has 3 unspecified atom stereocenters. The number of ether oxygens (including phenoxy) is 1. The van der Waals surface area contributed by atoms with Crippen molar-refractivity contribution in [1.29, 1.82) is 0 Å². The molecule has 3 heteroatoms. The fourth-order valence-electron chi connectivity index (χ4n) is 1.51. The van der Waals surface area contributed by atoms with Crippen molar-refractivity contribution in [2.24, 2.45) is 5.73 Å². The van der Waals surface area contributed by atoms with Crippen molar-refractivity contribution < 1.29 is 4.74 Å². The number of nitrogens with two attached hydrogens (primary N) is 1. The normalized spacial score (nSPS) is 16.8. The second kappa shape index (κ2) is 6.24. The summed E-state index contributed by atoms with van der Waals surface area (Å²) in [4.78, 5) is 0. The van der Waals surface area contributed by atoms with Gasteiger partial charge in [0.2, 0.25) is 0 Å². The first kappa shape index (κ1) is 13.5. The monoisotopic (exact) mass is 241 g/mol. The molecule has 3 atom stereocenters. The van der Waals surface area contributed by atoms with Crippen LogP contribution in [0.3, 0.4) is 0 Å². The second-order valence-corrected chi connectivity index (χ2v) is 4.62. The molecule has 0 radical (unpaired) electrons. The fraction of sp³-hybridized carbons (Fsp3) is 0.538. The van der Waals surface area contributed by atoms with E-state index in [1.54, 1.807) is 0 Å². The molecule has 0 heterocycles. The van der Waals surface area contributed by atoms with Crippen molar-refractivity contribution in [3.8, 4) is 0 Å². The summed E-state index contributed by atoms with van der Waals surface area (Å²) in [6.07, 6.45) is 1.13. The molecule has 0 aliphatic carbocycles. The number of hydrogen-bond acceptors (Lipinski definition) is 2. The molecule has 90 valence electrons. The minimum absolute atomic E-state index is 0.0322. The molecule has 0 bridgehead atoms. The predicted molar refractivity (Wildman–Crippen MR) is 68.7 cm³/mol. The Hall–Kier alpha value is -0.570. The number of halogens is 1. The van der Waals surface area contributed by atoms with Crippen molar-refractivity contribution >= 4 is 11.6 Å². The van der Waals surface area contributed by atoms with Crippen LogP contribution in [0.5, 0.6) is 0 Å². The van der Waals surface area contributed by atoms with Gasteiger partial charge in [0.05, 0.1) is 12.2 Å². The van der Waals surface area contributed by atoms with Gasteiger partial charge in [-0.1, -0.05) is 30.7 Å². The van der Waals surface area contributed by atoms with Crippen LogP contribution in [0.2, 0.25) is 5.02 Å². The average molecular weight is 242 g/mol. The van der Waals surface area contributed by atoms with Gasteiger partial charge in [-0.25, -0.2) is 0 Å². The van der Waals surface area contributed by atoms with Crippen molar-refractivity contribution in [3.05, 3.63) is 34.9 Å². The second-order valence-electron chi connectivity index (χ2n) is 4.19. The Morgan fingerprint density at radius 3 is 2.25 bits per heavy atom. The van der Waals surface area contributed by atoms with Gasteiger partial charge in [-0.2, -0.15) is 0 Å². The summed E-state index contributed by atoms with van der Waals surface area (Å²) in [7, 11) is 0. The molecular formula is C13H20ClNO. The summed E-state index contributed by atoms with van der Waals surface area (Å²) in [5, 5.41) is 0.732. The molecule has 0 aromatic heterocycles. The minimum atomic E-state index is -0.0628. The molecular weight excluding hydrogens is 222 g/mol. The van der Waals surface area contributed by atoms with Crippen LogP contribution in [0.15, 0.2) is 24.3 Å². The predicted octanol–water partition coefficient (Wildman–Crippen LogP) is 3.54. The maximum atomic E-state index is 5.95. The molecule has 2 nitrogen and oxygen atoms in total. The highest BCUT2D eigenvalue weighted by Gasteiger charge is 2.18. The third kappa shape index (κ3) is 3.78. The maximum Gasteiger partial charge on any atom is 0.0976 e. The molecule has 0 saturated carbocycles. The quantitative estimate of drug-likeness (QED) is 0.856. The summed E-state index contributed by atoms with van der Waals surface area (Å²) in [5.41, 5.74) is 7.03. The lowest BCUT2D eigenvalue weighted by Gasteiger charge is -2.25. The molecule has 0 aliphatic heterocycles. The summed E-state index contributed by atoms with van der Waals surface area (Å²) >= 11 is 5.86. The van der Waals surface area contributed by atoms with E-state index in [4.69, 9.17) is 22.1 Å². The van der Waals surface area contributed by atoms with Crippen LogP contribution in [0.4, 0.5) is 0 Å². The van der Waals surface area contributed by atoms with Crippen LogP contribution in [0, 0.1) is 0 Å². The molecule has 1 aromatic carbocycles. The van der Waals surface area contributed by atoms with Gasteiger partial charge in [0, 0.05) is 11.1 Å². The SMILES string of the molecule is CCC(C)OC(c1ccc(Cl)cc1)C(C)N. The lowest BCUT2D eigenvalue weighted by Crippen LogP contribution is -2.29. The van der Waals surface area contributed by atoms with Crippen LogP contribution in [-0.2, 0) is 4.74 Å². The molecule has 0 saturated heterocycles.